The van der Waals surface area contributed by atoms with E-state index in [1.54, 1.807) is 0 Å². The van der Waals surface area contributed by atoms with Crippen LogP contribution in [0, 0.1) is 9.49 Å². The number of rotatable bonds is 2. The highest BCUT2D eigenvalue weighted by atomic mass is 127. The van der Waals surface area contributed by atoms with Crippen LogP contribution >= 0.6 is 38.5 Å². The largest absolute Gasteiger partial charge is 0.388 e. The summed E-state index contributed by atoms with van der Waals surface area (Å²) >= 11 is 5.71. The number of hydrogen-bond acceptors (Lipinski definition) is 2. The van der Waals surface area contributed by atoms with Gasteiger partial charge >= 0.3 is 0 Å². The normalized spacial score (nSPS) is 23.1. The average Bonchev–Trinajstić information content (AvgIpc) is 2.32. The molecule has 1 heterocycles. The fraction of sp³-hybridized carbons (Fsp3) is 0.500. The first kappa shape index (κ1) is 12.8. The topological polar surface area (TPSA) is 29.5 Å². The molecule has 0 amide bonds. The summed E-state index contributed by atoms with van der Waals surface area (Å²) in [7, 11) is 0. The molecule has 1 aliphatic rings. The molecule has 2 unspecified atom stereocenters. The van der Waals surface area contributed by atoms with Gasteiger partial charge in [-0.2, -0.15) is 0 Å². The van der Waals surface area contributed by atoms with Crippen LogP contribution in [0.1, 0.15) is 24.5 Å². The third kappa shape index (κ3) is 2.97. The van der Waals surface area contributed by atoms with Crippen molar-refractivity contribution < 1.29 is 9.84 Å². The van der Waals surface area contributed by atoms with E-state index in [1.807, 2.05) is 18.2 Å². The molecule has 1 aromatic carbocycles. The lowest BCUT2D eigenvalue weighted by molar-refractivity contribution is -0.0103. The molecule has 0 saturated carbocycles. The Bertz CT molecular complexity index is 364. The summed E-state index contributed by atoms with van der Waals surface area (Å²) in [6.07, 6.45) is 1.68. The second-order valence-corrected chi connectivity index (χ2v) is 6.17. The fourth-order valence-electron chi connectivity index (χ4n) is 2.01. The Morgan fingerprint density at radius 1 is 1.50 bits per heavy atom. The highest BCUT2D eigenvalue weighted by Crippen LogP contribution is 2.32. The van der Waals surface area contributed by atoms with Crippen LogP contribution in [0.2, 0.25) is 0 Å². The van der Waals surface area contributed by atoms with Gasteiger partial charge in [-0.15, -0.1) is 0 Å². The highest BCUT2D eigenvalue weighted by Gasteiger charge is 2.25. The SMILES string of the molecule is OC(c1cc(Br)ccc1I)C1CCCOC1. The molecule has 2 atom stereocenters. The minimum Gasteiger partial charge on any atom is -0.388 e. The standard InChI is InChI=1S/C12H14BrIO2/c13-9-3-4-11(14)10(6-9)12(15)8-2-1-5-16-7-8/h3-4,6,8,12,15H,1-2,5,7H2. The van der Waals surface area contributed by atoms with Gasteiger partial charge in [-0.05, 0) is 59.2 Å². The first-order chi connectivity index (χ1) is 7.68. The van der Waals surface area contributed by atoms with Crippen LogP contribution in [0.3, 0.4) is 0 Å². The first-order valence-electron chi connectivity index (χ1n) is 5.39. The van der Waals surface area contributed by atoms with Crippen molar-refractivity contribution in [2.24, 2.45) is 5.92 Å². The quantitative estimate of drug-likeness (QED) is 0.775. The molecule has 1 N–H and O–H groups in total. The van der Waals surface area contributed by atoms with E-state index in [2.05, 4.69) is 38.5 Å². The van der Waals surface area contributed by atoms with Crippen LogP contribution in [-0.2, 0) is 4.74 Å². The smallest absolute Gasteiger partial charge is 0.0850 e. The van der Waals surface area contributed by atoms with Gasteiger partial charge in [-0.3, -0.25) is 0 Å². The number of benzene rings is 1. The van der Waals surface area contributed by atoms with Crippen molar-refractivity contribution >= 4 is 38.5 Å². The second kappa shape index (κ2) is 5.80. The monoisotopic (exact) mass is 396 g/mol. The minimum absolute atomic E-state index is 0.233. The Balaban J connectivity index is 2.18. The van der Waals surface area contributed by atoms with Gasteiger partial charge in [-0.25, -0.2) is 0 Å². The van der Waals surface area contributed by atoms with Crippen molar-refractivity contribution in [3.63, 3.8) is 0 Å². The van der Waals surface area contributed by atoms with Crippen molar-refractivity contribution in [2.45, 2.75) is 18.9 Å². The van der Waals surface area contributed by atoms with Gasteiger partial charge in [-0.1, -0.05) is 15.9 Å². The van der Waals surface area contributed by atoms with Crippen LogP contribution in [-0.4, -0.2) is 18.3 Å². The van der Waals surface area contributed by atoms with Crippen LogP contribution < -0.4 is 0 Å². The molecule has 0 aliphatic carbocycles. The van der Waals surface area contributed by atoms with Crippen LogP contribution in [0.5, 0.6) is 0 Å². The summed E-state index contributed by atoms with van der Waals surface area (Å²) in [5.74, 6) is 0.233. The number of aliphatic hydroxyl groups is 1. The predicted octanol–water partition coefficient (Wildman–Crippen LogP) is 3.51. The fourth-order valence-corrected chi connectivity index (χ4v) is 3.04. The molecule has 1 saturated heterocycles. The van der Waals surface area contributed by atoms with Gasteiger partial charge in [0.25, 0.3) is 0 Å². The van der Waals surface area contributed by atoms with E-state index in [1.165, 1.54) is 0 Å². The van der Waals surface area contributed by atoms with E-state index in [-0.39, 0.29) is 5.92 Å². The maximum atomic E-state index is 10.3. The predicted molar refractivity (Wildman–Crippen MR) is 75.4 cm³/mol. The maximum Gasteiger partial charge on any atom is 0.0850 e. The number of halogens is 2. The number of ether oxygens (including phenoxy) is 1. The van der Waals surface area contributed by atoms with Crippen LogP contribution in [0.4, 0.5) is 0 Å². The average molecular weight is 397 g/mol. The van der Waals surface area contributed by atoms with E-state index in [0.717, 1.165) is 33.1 Å². The minimum atomic E-state index is -0.412. The van der Waals surface area contributed by atoms with Gasteiger partial charge in [0.15, 0.2) is 0 Å². The summed E-state index contributed by atoms with van der Waals surface area (Å²) < 4.78 is 7.54. The summed E-state index contributed by atoms with van der Waals surface area (Å²) in [4.78, 5) is 0. The summed E-state index contributed by atoms with van der Waals surface area (Å²) in [5.41, 5.74) is 1.01. The molecule has 1 aromatic rings. The van der Waals surface area contributed by atoms with Crippen LogP contribution in [0.25, 0.3) is 0 Å². The number of hydrogen-bond donors (Lipinski definition) is 1. The van der Waals surface area contributed by atoms with Gasteiger partial charge in [0.05, 0.1) is 12.7 Å². The Hall–Kier alpha value is 0.350. The van der Waals surface area contributed by atoms with Gasteiger partial charge in [0.2, 0.25) is 0 Å². The molecule has 0 radical (unpaired) electrons. The van der Waals surface area contributed by atoms with Crippen LogP contribution in [0.15, 0.2) is 22.7 Å². The summed E-state index contributed by atoms with van der Waals surface area (Å²) in [5, 5.41) is 10.3. The zero-order valence-electron chi connectivity index (χ0n) is 8.83. The molecule has 16 heavy (non-hydrogen) atoms. The molecule has 0 spiro atoms. The third-order valence-corrected chi connectivity index (χ3v) is 4.39. The Labute approximate surface area is 118 Å². The van der Waals surface area contributed by atoms with Crippen molar-refractivity contribution in [1.82, 2.24) is 0 Å². The summed E-state index contributed by atoms with van der Waals surface area (Å²) in [6.45, 7) is 1.50. The van der Waals surface area contributed by atoms with Gasteiger partial charge in [0, 0.05) is 20.6 Å². The van der Waals surface area contributed by atoms with Crippen molar-refractivity contribution in [3.8, 4) is 0 Å². The Kier molecular flexibility index (Phi) is 4.64. The molecule has 0 aromatic heterocycles. The van der Waals surface area contributed by atoms with E-state index in [9.17, 15) is 5.11 Å². The van der Waals surface area contributed by atoms with E-state index in [0.29, 0.717) is 6.61 Å². The lowest BCUT2D eigenvalue weighted by Gasteiger charge is -2.27. The molecular formula is C12H14BrIO2. The highest BCUT2D eigenvalue weighted by molar-refractivity contribution is 14.1. The molecule has 88 valence electrons. The van der Waals surface area contributed by atoms with E-state index in [4.69, 9.17) is 4.74 Å². The van der Waals surface area contributed by atoms with Gasteiger partial charge in [0.1, 0.15) is 0 Å². The van der Waals surface area contributed by atoms with Gasteiger partial charge < -0.3 is 9.84 Å². The molecular weight excluding hydrogens is 383 g/mol. The molecule has 1 fully saturated rings. The first-order valence-corrected chi connectivity index (χ1v) is 7.26. The van der Waals surface area contributed by atoms with Crippen molar-refractivity contribution in [3.05, 3.63) is 31.8 Å². The molecule has 0 bridgehead atoms. The lowest BCUT2D eigenvalue weighted by atomic mass is 9.91. The molecule has 4 heteroatoms. The zero-order chi connectivity index (χ0) is 11.5. The zero-order valence-corrected chi connectivity index (χ0v) is 12.6. The van der Waals surface area contributed by atoms with E-state index < -0.39 is 6.10 Å². The van der Waals surface area contributed by atoms with Crippen molar-refractivity contribution in [2.75, 3.05) is 13.2 Å². The second-order valence-electron chi connectivity index (χ2n) is 4.09. The maximum absolute atomic E-state index is 10.3. The Morgan fingerprint density at radius 2 is 2.31 bits per heavy atom. The molecule has 1 aliphatic heterocycles. The molecule has 2 rings (SSSR count). The number of aliphatic hydroxyl groups excluding tert-OH is 1. The molecule has 2 nitrogen and oxygen atoms in total. The summed E-state index contributed by atoms with van der Waals surface area (Å²) in [6, 6.07) is 6.02. The third-order valence-electron chi connectivity index (χ3n) is 2.92. The van der Waals surface area contributed by atoms with Crippen molar-refractivity contribution in [1.29, 1.82) is 0 Å². The van der Waals surface area contributed by atoms with E-state index >= 15 is 0 Å². The Morgan fingerprint density at radius 3 is 3.00 bits per heavy atom. The lowest BCUT2D eigenvalue weighted by Crippen LogP contribution is -2.24.